The van der Waals surface area contributed by atoms with E-state index in [4.69, 9.17) is 5.10 Å². The Morgan fingerprint density at radius 3 is 2.49 bits per heavy atom. The summed E-state index contributed by atoms with van der Waals surface area (Å²) in [5, 5.41) is 20.9. The molecule has 3 aliphatic rings. The van der Waals surface area contributed by atoms with Gasteiger partial charge in [-0.1, -0.05) is 0 Å². The van der Waals surface area contributed by atoms with E-state index < -0.39 is 11.7 Å². The molecule has 206 valence electrons. The number of nitrogens with one attached hydrogen (secondary N) is 5. The van der Waals surface area contributed by atoms with Crippen molar-refractivity contribution in [3.63, 3.8) is 0 Å². The van der Waals surface area contributed by atoms with Gasteiger partial charge >= 0.3 is 0 Å². The largest absolute Gasteiger partial charge is 0.379 e. The highest BCUT2D eigenvalue weighted by atomic mass is 19.1. The molecule has 5 N–H and O–H groups in total. The number of carbonyl (C=O) groups is 2. The number of fused-ring (bicyclic) bond motifs is 1. The van der Waals surface area contributed by atoms with Crippen LogP contribution in [-0.4, -0.2) is 62.6 Å². The van der Waals surface area contributed by atoms with Crippen LogP contribution in [0.15, 0.2) is 30.7 Å². The smallest absolute Gasteiger partial charge is 0.276 e. The molecule has 11 nitrogen and oxygen atoms in total. The van der Waals surface area contributed by atoms with Crippen LogP contribution < -0.4 is 26.6 Å². The zero-order valence-electron chi connectivity index (χ0n) is 21.8. The van der Waals surface area contributed by atoms with Crippen molar-refractivity contribution in [3.8, 4) is 0 Å². The number of piperidine rings is 1. The lowest BCUT2D eigenvalue weighted by Crippen LogP contribution is -2.46. The summed E-state index contributed by atoms with van der Waals surface area (Å²) in [7, 11) is 0. The van der Waals surface area contributed by atoms with Gasteiger partial charge < -0.3 is 26.6 Å². The van der Waals surface area contributed by atoms with E-state index in [0.29, 0.717) is 17.5 Å². The van der Waals surface area contributed by atoms with Gasteiger partial charge in [-0.2, -0.15) is 0 Å². The van der Waals surface area contributed by atoms with Crippen molar-refractivity contribution >= 4 is 34.7 Å². The first-order valence-electron chi connectivity index (χ1n) is 13.9. The molecule has 2 saturated carbocycles. The summed E-state index contributed by atoms with van der Waals surface area (Å²) in [4.78, 5) is 33.9. The molecule has 0 aromatic carbocycles. The number of hydrogen-bond acceptors (Lipinski definition) is 8. The highest BCUT2D eigenvalue weighted by Gasteiger charge is 2.28. The van der Waals surface area contributed by atoms with Gasteiger partial charge in [-0.3, -0.25) is 14.6 Å². The van der Waals surface area contributed by atoms with Crippen molar-refractivity contribution in [2.45, 2.75) is 69.5 Å². The Bertz CT molecular complexity index is 1340. The van der Waals surface area contributed by atoms with Gasteiger partial charge in [0, 0.05) is 36.9 Å². The second-order valence-electron chi connectivity index (χ2n) is 10.8. The Morgan fingerprint density at radius 1 is 0.974 bits per heavy atom. The number of anilines is 3. The van der Waals surface area contributed by atoms with Crippen molar-refractivity contribution in [1.82, 2.24) is 30.2 Å². The summed E-state index contributed by atoms with van der Waals surface area (Å²) in [5.41, 5.74) is 1.58. The molecule has 6 rings (SSSR count). The number of pyridine rings is 1. The summed E-state index contributed by atoms with van der Waals surface area (Å²) in [6, 6.07) is 4.11. The van der Waals surface area contributed by atoms with E-state index >= 15 is 0 Å². The molecule has 1 aliphatic heterocycles. The van der Waals surface area contributed by atoms with Gasteiger partial charge in [0.2, 0.25) is 5.91 Å². The molecule has 2 aliphatic carbocycles. The summed E-state index contributed by atoms with van der Waals surface area (Å²) >= 11 is 0. The van der Waals surface area contributed by atoms with E-state index in [1.807, 2.05) is 6.07 Å². The molecule has 0 radical (unpaired) electrons. The fraction of sp³-hybridized carbons (Fsp3) is 0.519. The molecule has 1 unspecified atom stereocenters. The average Bonchev–Trinajstić information content (AvgIpc) is 3.66. The molecule has 3 aromatic rings. The Labute approximate surface area is 225 Å². The first kappa shape index (κ1) is 25.5. The quantitative estimate of drug-likeness (QED) is 0.297. The second kappa shape index (κ2) is 11.1. The normalized spacial score (nSPS) is 23.3. The number of imidazole rings is 1. The van der Waals surface area contributed by atoms with Gasteiger partial charge in [0.15, 0.2) is 17.2 Å². The molecule has 12 heteroatoms. The van der Waals surface area contributed by atoms with Crippen LogP contribution in [0.1, 0.15) is 61.9 Å². The van der Waals surface area contributed by atoms with Crippen LogP contribution in [0.5, 0.6) is 0 Å². The molecular formula is C27H34FN9O2. The van der Waals surface area contributed by atoms with Gasteiger partial charge in [-0.15, -0.1) is 5.10 Å². The minimum atomic E-state index is -0.617. The molecule has 1 atom stereocenters. The highest BCUT2D eigenvalue weighted by molar-refractivity contribution is 6.03. The number of amides is 2. The minimum absolute atomic E-state index is 0.0409. The molecule has 3 aromatic heterocycles. The summed E-state index contributed by atoms with van der Waals surface area (Å²) in [5.74, 6) is -0.264. The molecule has 2 amide bonds. The lowest BCUT2D eigenvalue weighted by atomic mass is 9.90. The van der Waals surface area contributed by atoms with Crippen LogP contribution in [0.25, 0.3) is 5.65 Å². The summed E-state index contributed by atoms with van der Waals surface area (Å²) < 4.78 is 15.6. The monoisotopic (exact) mass is 535 g/mol. The number of hydrogen-bond donors (Lipinski definition) is 5. The highest BCUT2D eigenvalue weighted by Crippen LogP contribution is 2.30. The van der Waals surface area contributed by atoms with Gasteiger partial charge in [-0.25, -0.2) is 13.9 Å². The molecule has 3 fully saturated rings. The van der Waals surface area contributed by atoms with E-state index in [1.54, 1.807) is 0 Å². The second-order valence-corrected chi connectivity index (χ2v) is 10.8. The first-order chi connectivity index (χ1) is 19.0. The Morgan fingerprint density at radius 2 is 1.74 bits per heavy atom. The summed E-state index contributed by atoms with van der Waals surface area (Å²) in [6.07, 6.45) is 11.7. The zero-order chi connectivity index (χ0) is 26.8. The van der Waals surface area contributed by atoms with E-state index in [2.05, 4.69) is 36.6 Å². The number of carbonyl (C=O) groups excluding carboxylic acids is 2. The number of aromatic nitrogens is 4. The fourth-order valence-corrected chi connectivity index (χ4v) is 5.40. The van der Waals surface area contributed by atoms with E-state index in [-0.39, 0.29) is 35.3 Å². The Kier molecular flexibility index (Phi) is 7.27. The Balaban J connectivity index is 1.14. The predicted octanol–water partition coefficient (Wildman–Crippen LogP) is 2.93. The van der Waals surface area contributed by atoms with Crippen LogP contribution in [0.2, 0.25) is 0 Å². The number of halogens is 1. The summed E-state index contributed by atoms with van der Waals surface area (Å²) in [6.45, 7) is 1.76. The molecular weight excluding hydrogens is 501 g/mol. The lowest BCUT2D eigenvalue weighted by molar-refractivity contribution is -0.126. The first-order valence-corrected chi connectivity index (χ1v) is 13.9. The Hall–Kier alpha value is -3.80. The van der Waals surface area contributed by atoms with Crippen molar-refractivity contribution in [1.29, 1.82) is 0 Å². The number of nitrogens with zero attached hydrogens (tertiary/aromatic N) is 4. The molecule has 0 spiro atoms. The molecule has 4 heterocycles. The van der Waals surface area contributed by atoms with Crippen LogP contribution in [0.3, 0.4) is 0 Å². The third-order valence-electron chi connectivity index (χ3n) is 7.75. The van der Waals surface area contributed by atoms with Gasteiger partial charge in [-0.05, 0) is 64.0 Å². The van der Waals surface area contributed by atoms with Gasteiger partial charge in [0.05, 0.1) is 29.7 Å². The fourth-order valence-electron chi connectivity index (χ4n) is 5.40. The van der Waals surface area contributed by atoms with Crippen molar-refractivity contribution < 1.29 is 14.0 Å². The van der Waals surface area contributed by atoms with Crippen molar-refractivity contribution in [2.75, 3.05) is 29.0 Å². The van der Waals surface area contributed by atoms with Crippen LogP contribution in [-0.2, 0) is 4.79 Å². The SMILES string of the molecule is O=C(Nc1ccncc1F)c1cnc2c(NC3CC3)cc(N[C@H]3CC[C@H](NC(=O)C4CCCNC4)CC3)nn12. The van der Waals surface area contributed by atoms with Crippen LogP contribution in [0.4, 0.5) is 21.6 Å². The van der Waals surface area contributed by atoms with Crippen LogP contribution in [0, 0.1) is 11.7 Å². The van der Waals surface area contributed by atoms with E-state index in [9.17, 15) is 14.0 Å². The topological polar surface area (TPSA) is 137 Å². The van der Waals surface area contributed by atoms with E-state index in [0.717, 1.165) is 76.3 Å². The minimum Gasteiger partial charge on any atom is -0.379 e. The van der Waals surface area contributed by atoms with Crippen molar-refractivity contribution in [3.05, 3.63) is 42.2 Å². The average molecular weight is 536 g/mol. The zero-order valence-corrected chi connectivity index (χ0v) is 21.8. The standard InChI is InChI=1S/C27H34FN9O2/c28-20-14-30-11-9-21(20)35-27(39)23-15-31-25-22(32-17-3-4-17)12-24(36-37(23)25)33-18-5-7-19(8-6-18)34-26(38)16-2-1-10-29-13-16/h9,11-12,14-19,29,32H,1-8,10,13H2,(H,33,36)(H,34,38)(H,30,35,39)/t16?,18-,19-. The maximum Gasteiger partial charge on any atom is 0.276 e. The molecule has 0 bridgehead atoms. The van der Waals surface area contributed by atoms with Gasteiger partial charge in [0.1, 0.15) is 5.82 Å². The van der Waals surface area contributed by atoms with Crippen LogP contribution >= 0.6 is 0 Å². The lowest BCUT2D eigenvalue weighted by Gasteiger charge is -2.31. The molecule has 1 saturated heterocycles. The van der Waals surface area contributed by atoms with Crippen molar-refractivity contribution in [2.24, 2.45) is 5.92 Å². The molecule has 39 heavy (non-hydrogen) atoms. The van der Waals surface area contributed by atoms with E-state index in [1.165, 1.54) is 23.0 Å². The maximum absolute atomic E-state index is 14.1. The maximum atomic E-state index is 14.1. The predicted molar refractivity (Wildman–Crippen MR) is 145 cm³/mol. The third kappa shape index (κ3) is 5.95. The van der Waals surface area contributed by atoms with Gasteiger partial charge in [0.25, 0.3) is 5.91 Å². The third-order valence-corrected chi connectivity index (χ3v) is 7.75. The number of rotatable bonds is 8.